The molecule has 9 atom stereocenters. The summed E-state index contributed by atoms with van der Waals surface area (Å²) in [7, 11) is 0. The van der Waals surface area contributed by atoms with Gasteiger partial charge in [-0.1, -0.05) is 78.3 Å². The standard InChI is InChI=1S/C75H92N10O17S/c1-40(2)61(81-55(88)19-12-11-13-30-85-56(89)26-27-57(85)90)72(96)80-52(18-15-29-77-73(76)97)71(95)78-49-22-20-48(21-23-49)39-99-74(98)84-33-31-83(32-34-84)50-24-25-51-54(38-50)103-68-62(79-51)58-59-64(91)46(8)67-60(58)69(93)75(10,102-67)100-35-28-53(87)45(7)66(101-47(9)86)44(6)37-42(4)36-41(3)16-14-17-43(5)70(94)82-63(68)65(59)92/h14,16-17,20-28,35,38,40-42,44-45,52-53,61,66,87,91H,11-13,15,18-19,29-34,36-37,39H2,1-10H3,(H,78,95)(H,80,96)(H,81,88)(H,82,94)(H3,76,77,97)/b16-14+,35-28+,43-17-/t41-,42+,44+,45+,52-,53-,61-,66-,75-/m0/s1. The Morgan fingerprint density at radius 3 is 2.26 bits per heavy atom. The molecule has 9 rings (SSSR count). The number of fused-ring (bicyclic) bond motifs is 2. The minimum Gasteiger partial charge on any atom is -0.507 e. The molecule has 9 amide bonds. The van der Waals surface area contributed by atoms with Crippen molar-refractivity contribution in [2.45, 2.75) is 157 Å². The van der Waals surface area contributed by atoms with E-state index in [0.717, 1.165) is 34.6 Å². The zero-order valence-corrected chi connectivity index (χ0v) is 60.5. The molecule has 27 nitrogen and oxygen atoms in total. The molecule has 5 heterocycles. The van der Waals surface area contributed by atoms with E-state index in [9.17, 15) is 58.2 Å². The Morgan fingerprint density at radius 1 is 0.874 bits per heavy atom. The number of rotatable bonds is 20. The van der Waals surface area contributed by atoms with E-state index in [0.29, 0.717) is 60.2 Å². The van der Waals surface area contributed by atoms with Gasteiger partial charge in [0.25, 0.3) is 23.5 Å². The van der Waals surface area contributed by atoms with E-state index in [-0.39, 0.29) is 143 Å². The van der Waals surface area contributed by atoms with Crippen molar-refractivity contribution in [3.05, 3.63) is 118 Å². The predicted octanol–water partition coefficient (Wildman–Crippen LogP) is 8.78. The average molecular weight is 1440 g/mol. The van der Waals surface area contributed by atoms with Crippen LogP contribution in [0.25, 0.3) is 31.6 Å². The lowest BCUT2D eigenvalue weighted by atomic mass is 9.82. The smallest absolute Gasteiger partial charge is 0.410 e. The quantitative estimate of drug-likeness (QED) is 0.0119. The van der Waals surface area contributed by atoms with Crippen LogP contribution in [0.3, 0.4) is 0 Å². The summed E-state index contributed by atoms with van der Waals surface area (Å²) >= 11 is 1.15. The maximum absolute atomic E-state index is 15.1. The summed E-state index contributed by atoms with van der Waals surface area (Å²) in [5.41, 5.74) is 6.87. The zero-order valence-electron chi connectivity index (χ0n) is 59.7. The van der Waals surface area contributed by atoms with Crippen molar-refractivity contribution >= 4 is 109 Å². The predicted molar refractivity (Wildman–Crippen MR) is 388 cm³/mol. The summed E-state index contributed by atoms with van der Waals surface area (Å²) in [4.78, 5) is 156. The Balaban J connectivity index is 0.875. The minimum atomic E-state index is -2.07. The lowest BCUT2D eigenvalue weighted by Gasteiger charge is -2.35. The topological polar surface area (TPSA) is 374 Å². The summed E-state index contributed by atoms with van der Waals surface area (Å²) < 4.78 is 24.5. The number of nitrogens with two attached hydrogens (primary N) is 1. The van der Waals surface area contributed by atoms with Crippen molar-refractivity contribution in [3.63, 3.8) is 0 Å². The van der Waals surface area contributed by atoms with Crippen molar-refractivity contribution in [2.24, 2.45) is 35.3 Å². The maximum Gasteiger partial charge on any atom is 0.410 e. The third kappa shape index (κ3) is 18.5. The monoisotopic (exact) mass is 1440 g/mol. The number of aromatic nitrogens is 1. The van der Waals surface area contributed by atoms with E-state index in [1.807, 2.05) is 25.1 Å². The first-order chi connectivity index (χ1) is 48.9. The van der Waals surface area contributed by atoms with E-state index in [1.54, 1.807) is 75.1 Å². The number of hydrogen-bond acceptors (Lipinski definition) is 20. The number of anilines is 3. The molecule has 0 radical (unpaired) electrons. The molecule has 6 aliphatic rings. The number of primary amides is 1. The number of imide groups is 1. The second kappa shape index (κ2) is 33.7. The fourth-order valence-electron chi connectivity index (χ4n) is 13.4. The molecule has 5 aliphatic heterocycles. The number of aliphatic hydroxyl groups is 1. The van der Waals surface area contributed by atoms with Crippen molar-refractivity contribution in [1.29, 1.82) is 0 Å². The summed E-state index contributed by atoms with van der Waals surface area (Å²) in [5, 5.41) is 36.9. The lowest BCUT2D eigenvalue weighted by Crippen LogP contribution is -2.54. The number of unbranched alkanes of at least 4 members (excludes halogenated alkanes) is 2. The molecule has 9 N–H and O–H groups in total. The van der Waals surface area contributed by atoms with Crippen LogP contribution < -0.4 is 47.4 Å². The van der Waals surface area contributed by atoms with Gasteiger partial charge in [0.05, 0.1) is 44.1 Å². The molecule has 1 fully saturated rings. The molecular formula is C75H92N10O17S. The zero-order chi connectivity index (χ0) is 74.7. The second-order valence-electron chi connectivity index (χ2n) is 27.6. The van der Waals surface area contributed by atoms with Gasteiger partial charge in [-0.2, -0.15) is 0 Å². The number of aliphatic hydroxyl groups excluding tert-OH is 1. The third-order valence-corrected chi connectivity index (χ3v) is 20.2. The van der Waals surface area contributed by atoms with Crippen LogP contribution in [0.2, 0.25) is 0 Å². The van der Waals surface area contributed by atoms with Gasteiger partial charge < -0.3 is 71.3 Å². The molecule has 0 spiro atoms. The summed E-state index contributed by atoms with van der Waals surface area (Å²) in [6.45, 7) is 18.8. The van der Waals surface area contributed by atoms with Gasteiger partial charge in [-0.3, -0.25) is 48.1 Å². The van der Waals surface area contributed by atoms with Crippen molar-refractivity contribution in [2.75, 3.05) is 54.8 Å². The number of nitrogens with one attached hydrogen (secondary N) is 5. The van der Waals surface area contributed by atoms with Crippen LogP contribution in [0.5, 0.6) is 11.5 Å². The first kappa shape index (κ1) is 76.9. The van der Waals surface area contributed by atoms with E-state index in [1.165, 1.54) is 39.0 Å². The van der Waals surface area contributed by atoms with Crippen LogP contribution in [-0.2, 0) is 54.4 Å². The highest BCUT2D eigenvalue weighted by Crippen LogP contribution is 2.51. The maximum atomic E-state index is 15.1. The minimum absolute atomic E-state index is 0.0155. The van der Waals surface area contributed by atoms with Crippen LogP contribution >= 0.6 is 11.3 Å². The van der Waals surface area contributed by atoms with Crippen LogP contribution in [0, 0.1) is 36.5 Å². The molecule has 0 saturated carbocycles. The molecule has 103 heavy (non-hydrogen) atoms. The Hall–Kier alpha value is -10.2. The van der Waals surface area contributed by atoms with Gasteiger partial charge in [-0.15, -0.1) is 11.3 Å². The highest BCUT2D eigenvalue weighted by Gasteiger charge is 2.50. The number of ether oxygens (including phenoxy) is 4. The van der Waals surface area contributed by atoms with E-state index < -0.39 is 88.8 Å². The number of benzene rings is 4. The number of phenolic OH excluding ortho intramolecular Hbond substituents is 1. The number of ketones is 1. The summed E-state index contributed by atoms with van der Waals surface area (Å²) in [5.74, 6) is -7.62. The highest BCUT2D eigenvalue weighted by molar-refractivity contribution is 7.22. The van der Waals surface area contributed by atoms with Crippen LogP contribution in [-0.4, -0.2) is 154 Å². The van der Waals surface area contributed by atoms with Crippen molar-refractivity contribution in [3.8, 4) is 22.1 Å². The molecule has 1 saturated heterocycles. The number of allylic oxidation sites excluding steroid dienone is 3. The van der Waals surface area contributed by atoms with Gasteiger partial charge >= 0.3 is 23.9 Å². The first-order valence-electron chi connectivity index (χ1n) is 34.9. The molecule has 3 aromatic rings. The van der Waals surface area contributed by atoms with Crippen LogP contribution in [0.1, 0.15) is 135 Å². The molecule has 3 aromatic carbocycles. The number of carbonyl (C=O) groups excluding carboxylic acids is 10. The first-order valence-corrected chi connectivity index (χ1v) is 35.7. The fourth-order valence-corrected chi connectivity index (χ4v) is 14.5. The van der Waals surface area contributed by atoms with Crippen LogP contribution in [0.4, 0.5) is 26.7 Å². The summed E-state index contributed by atoms with van der Waals surface area (Å²) in [6.07, 6.45) is 11.3. The number of carbonyl (C=O) groups is 10. The average Bonchev–Trinajstić information content (AvgIpc) is 1.65. The van der Waals surface area contributed by atoms with Gasteiger partial charge in [0.1, 0.15) is 42.0 Å². The number of amides is 9. The molecular weight excluding hydrogens is 1340 g/mol. The van der Waals surface area contributed by atoms with Crippen LogP contribution in [0.15, 0.2) is 95.6 Å². The lowest BCUT2D eigenvalue weighted by molar-refractivity contribution is -0.154. The number of phenols is 1. The Labute approximate surface area is 601 Å². The normalized spacial score (nSPS) is 22.8. The molecule has 1 aliphatic carbocycles. The highest BCUT2D eigenvalue weighted by atomic mass is 32.1. The van der Waals surface area contributed by atoms with E-state index in [2.05, 4.69) is 45.3 Å². The number of esters is 1. The number of piperazine rings is 1. The van der Waals surface area contributed by atoms with Gasteiger partial charge in [-0.25, -0.2) is 14.6 Å². The molecule has 4 bridgehead atoms. The van der Waals surface area contributed by atoms with E-state index in [4.69, 9.17) is 29.7 Å². The molecule has 0 unspecified atom stereocenters. The number of urea groups is 1. The van der Waals surface area contributed by atoms with Crippen molar-refractivity contribution < 1.29 is 77.1 Å². The van der Waals surface area contributed by atoms with E-state index >= 15 is 4.79 Å². The molecule has 0 aromatic heterocycles. The van der Waals surface area contributed by atoms with Gasteiger partial charge in [0.15, 0.2) is 0 Å². The number of hydrogen-bond donors (Lipinski definition) is 8. The van der Waals surface area contributed by atoms with Gasteiger partial charge in [-0.05, 0) is 118 Å². The summed E-state index contributed by atoms with van der Waals surface area (Å²) in [6, 6.07) is 9.28. The molecule has 28 heteroatoms. The third-order valence-electron chi connectivity index (χ3n) is 19.1. The molecule has 550 valence electrons. The Morgan fingerprint density at radius 2 is 1.58 bits per heavy atom. The Bertz CT molecular complexity index is 4240. The van der Waals surface area contributed by atoms with Crippen molar-refractivity contribution in [1.82, 2.24) is 30.7 Å². The number of aromatic hydroxyl groups is 1. The Kier molecular flexibility index (Phi) is 25.2. The SMILES string of the molecule is CC(=O)O[C@@H]1[C@H](C)[C@@H](O)/C=C/O[C@@]2(C)Oc3c(C)c(O)c4c(=O)c(c5sc6cc(N7CCN(C(=O)OCc8ccc(NC(=O)[C@H](CCCNC(N)=O)NC(=O)[C@@H](NC(=O)CCCCCN9C(=O)C=CC9=O)C(C)C)cc8)CC7)ccc6nc-5c4c3C2=O)NC(=O)/C(C)=C\C=C\[C@H](C)C[C@@H](C)C[C@H]1C. The van der Waals surface area contributed by atoms with Gasteiger partial charge in [0, 0.05) is 106 Å². The second-order valence-corrected chi connectivity index (χ2v) is 28.7. The number of nitrogens with zero attached hydrogens (tertiary/aromatic N) is 4. The van der Waals surface area contributed by atoms with Gasteiger partial charge in [0.2, 0.25) is 23.2 Å². The largest absolute Gasteiger partial charge is 0.507 e. The fraction of sp³-hybridized carbons (Fsp3) is 0.467. The number of Topliss-reactive ketones (excluding diaryl/α,β-unsaturated/α-hetero) is 1.